The first-order chi connectivity index (χ1) is 19.1. The molecule has 0 saturated heterocycles. The second-order valence-corrected chi connectivity index (χ2v) is 9.83. The largest absolute Gasteiger partial charge is 0.497 e. The Morgan fingerprint density at radius 2 is 1.77 bits per heavy atom. The predicted molar refractivity (Wildman–Crippen MR) is 150 cm³/mol. The molecule has 1 aromatic heterocycles. The number of fused-ring (bicyclic) bond motifs is 1. The zero-order chi connectivity index (χ0) is 27.2. The van der Waals surface area contributed by atoms with Crippen LogP contribution in [-0.4, -0.2) is 53.1 Å². The van der Waals surface area contributed by atoms with E-state index in [0.29, 0.717) is 34.6 Å². The molecule has 0 bridgehead atoms. The zero-order valence-electron chi connectivity index (χ0n) is 21.8. The Bertz CT molecular complexity index is 1470. The summed E-state index contributed by atoms with van der Waals surface area (Å²) < 4.78 is 12.5. The molecule has 39 heavy (non-hydrogen) atoms. The SMILES string of the molecule is COc1ccc(C(=O)NCc2nnc(SCC(=O)N3CCCc4ccccc43)n2-c2ccccc2)c(OC)c1. The van der Waals surface area contributed by atoms with Gasteiger partial charge in [0.1, 0.15) is 11.5 Å². The lowest BCUT2D eigenvalue weighted by molar-refractivity contribution is -0.116. The van der Waals surface area contributed by atoms with Crippen LogP contribution in [0.2, 0.25) is 0 Å². The van der Waals surface area contributed by atoms with Gasteiger partial charge in [-0.3, -0.25) is 14.2 Å². The summed E-state index contributed by atoms with van der Waals surface area (Å²) in [5, 5.41) is 12.2. The zero-order valence-corrected chi connectivity index (χ0v) is 22.6. The van der Waals surface area contributed by atoms with Crippen LogP contribution >= 0.6 is 11.8 Å². The summed E-state index contributed by atoms with van der Waals surface area (Å²) in [6, 6.07) is 22.7. The summed E-state index contributed by atoms with van der Waals surface area (Å²) in [7, 11) is 3.06. The fourth-order valence-corrected chi connectivity index (χ4v) is 5.43. The third kappa shape index (κ3) is 5.75. The van der Waals surface area contributed by atoms with E-state index < -0.39 is 0 Å². The highest BCUT2D eigenvalue weighted by Gasteiger charge is 2.24. The van der Waals surface area contributed by atoms with Gasteiger partial charge in [-0.1, -0.05) is 48.2 Å². The van der Waals surface area contributed by atoms with E-state index in [-0.39, 0.29) is 24.1 Å². The van der Waals surface area contributed by atoms with Gasteiger partial charge in [0.25, 0.3) is 5.91 Å². The summed E-state index contributed by atoms with van der Waals surface area (Å²) in [5.41, 5.74) is 3.40. The maximum atomic E-state index is 13.2. The van der Waals surface area contributed by atoms with Gasteiger partial charge in [0.05, 0.1) is 32.1 Å². The normalized spacial score (nSPS) is 12.5. The molecular weight excluding hydrogens is 514 g/mol. The van der Waals surface area contributed by atoms with E-state index in [9.17, 15) is 9.59 Å². The van der Waals surface area contributed by atoms with Crippen molar-refractivity contribution in [3.8, 4) is 17.2 Å². The number of ether oxygens (including phenoxy) is 2. The van der Waals surface area contributed by atoms with Gasteiger partial charge in [-0.05, 0) is 48.7 Å². The molecule has 2 heterocycles. The third-order valence-corrected chi connectivity index (χ3v) is 7.42. The van der Waals surface area contributed by atoms with E-state index in [0.717, 1.165) is 24.2 Å². The Morgan fingerprint density at radius 3 is 2.56 bits per heavy atom. The first-order valence-corrected chi connectivity index (χ1v) is 13.6. The summed E-state index contributed by atoms with van der Waals surface area (Å²) in [6.45, 7) is 0.831. The first-order valence-electron chi connectivity index (χ1n) is 12.6. The number of hydrogen-bond donors (Lipinski definition) is 1. The Kier molecular flexibility index (Phi) is 8.12. The number of thioether (sulfide) groups is 1. The van der Waals surface area contributed by atoms with E-state index >= 15 is 0 Å². The molecule has 0 fully saturated rings. The minimum absolute atomic E-state index is 0.0243. The van der Waals surface area contributed by atoms with Crippen LogP contribution < -0.4 is 19.7 Å². The number of aryl methyl sites for hydroxylation is 1. The van der Waals surface area contributed by atoms with E-state index in [4.69, 9.17) is 9.47 Å². The second kappa shape index (κ2) is 12.0. The van der Waals surface area contributed by atoms with Crippen molar-refractivity contribution < 1.29 is 19.1 Å². The summed E-state index contributed by atoms with van der Waals surface area (Å²) in [6.07, 6.45) is 1.92. The van der Waals surface area contributed by atoms with Gasteiger partial charge in [-0.2, -0.15) is 0 Å². The second-order valence-electron chi connectivity index (χ2n) is 8.88. The van der Waals surface area contributed by atoms with Crippen LogP contribution in [0, 0.1) is 0 Å². The number of anilines is 1. The maximum Gasteiger partial charge on any atom is 0.255 e. The Labute approximate surface area is 231 Å². The summed E-state index contributed by atoms with van der Waals surface area (Å²) >= 11 is 1.33. The number of carbonyl (C=O) groups excluding carboxylic acids is 2. The van der Waals surface area contributed by atoms with Crippen LogP contribution in [0.3, 0.4) is 0 Å². The highest BCUT2D eigenvalue weighted by atomic mass is 32.2. The number of para-hydroxylation sites is 2. The van der Waals surface area contributed by atoms with Gasteiger partial charge in [0, 0.05) is 24.0 Å². The summed E-state index contributed by atoms with van der Waals surface area (Å²) in [4.78, 5) is 28.1. The molecule has 0 radical (unpaired) electrons. The molecule has 0 saturated carbocycles. The van der Waals surface area contributed by atoms with E-state index in [1.165, 1.54) is 24.4 Å². The van der Waals surface area contributed by atoms with Crippen molar-refractivity contribution in [2.75, 3.05) is 31.4 Å². The Balaban J connectivity index is 1.33. The molecule has 10 heteroatoms. The van der Waals surface area contributed by atoms with Crippen molar-refractivity contribution in [1.82, 2.24) is 20.1 Å². The van der Waals surface area contributed by atoms with Crippen LogP contribution in [0.1, 0.15) is 28.2 Å². The fraction of sp³-hybridized carbons (Fsp3) is 0.241. The molecule has 2 amide bonds. The standard InChI is InChI=1S/C29H29N5O4S/c1-37-22-14-15-23(25(17-22)38-2)28(36)30-18-26-31-32-29(34(26)21-11-4-3-5-12-21)39-19-27(35)33-16-8-10-20-9-6-7-13-24(20)33/h3-7,9,11-15,17H,8,10,16,18-19H2,1-2H3,(H,30,36). The topological polar surface area (TPSA) is 98.6 Å². The molecule has 0 spiro atoms. The molecule has 1 aliphatic rings. The number of nitrogens with zero attached hydrogens (tertiary/aromatic N) is 4. The molecule has 200 valence electrons. The quantitative estimate of drug-likeness (QED) is 0.315. The van der Waals surface area contributed by atoms with Crippen molar-refractivity contribution >= 4 is 29.3 Å². The van der Waals surface area contributed by atoms with Crippen LogP contribution in [0.4, 0.5) is 5.69 Å². The molecule has 4 aromatic rings. The lowest BCUT2D eigenvalue weighted by Crippen LogP contribution is -2.36. The number of nitrogens with one attached hydrogen (secondary N) is 1. The van der Waals surface area contributed by atoms with E-state index in [2.05, 4.69) is 21.6 Å². The van der Waals surface area contributed by atoms with Crippen molar-refractivity contribution in [2.45, 2.75) is 24.5 Å². The molecule has 5 rings (SSSR count). The van der Waals surface area contributed by atoms with E-state index in [1.54, 1.807) is 25.3 Å². The van der Waals surface area contributed by atoms with Crippen molar-refractivity contribution in [2.24, 2.45) is 0 Å². The number of methoxy groups -OCH3 is 2. The molecular formula is C29H29N5O4S. The maximum absolute atomic E-state index is 13.2. The molecule has 9 nitrogen and oxygen atoms in total. The van der Waals surface area contributed by atoms with Crippen LogP contribution in [0.15, 0.2) is 78.0 Å². The number of hydrogen-bond acceptors (Lipinski definition) is 7. The van der Waals surface area contributed by atoms with Crippen molar-refractivity contribution in [1.29, 1.82) is 0 Å². The third-order valence-electron chi connectivity index (χ3n) is 6.51. The smallest absolute Gasteiger partial charge is 0.255 e. The molecule has 0 aliphatic carbocycles. The fourth-order valence-electron chi connectivity index (χ4n) is 4.58. The molecule has 0 atom stereocenters. The highest BCUT2D eigenvalue weighted by molar-refractivity contribution is 7.99. The lowest BCUT2D eigenvalue weighted by atomic mass is 10.0. The number of aromatic nitrogens is 3. The number of amides is 2. The van der Waals surface area contributed by atoms with Gasteiger partial charge in [0.15, 0.2) is 11.0 Å². The highest BCUT2D eigenvalue weighted by Crippen LogP contribution is 2.29. The van der Waals surface area contributed by atoms with Crippen LogP contribution in [-0.2, 0) is 17.8 Å². The van der Waals surface area contributed by atoms with Gasteiger partial charge >= 0.3 is 0 Å². The molecule has 0 unspecified atom stereocenters. The van der Waals surface area contributed by atoms with Gasteiger partial charge in [-0.25, -0.2) is 0 Å². The number of benzene rings is 3. The monoisotopic (exact) mass is 543 g/mol. The van der Waals surface area contributed by atoms with Crippen LogP contribution in [0.25, 0.3) is 5.69 Å². The average Bonchev–Trinajstić information content (AvgIpc) is 3.41. The predicted octanol–water partition coefficient (Wildman–Crippen LogP) is 4.29. The first kappa shape index (κ1) is 26.3. The molecule has 3 aromatic carbocycles. The van der Waals surface area contributed by atoms with Crippen LogP contribution in [0.5, 0.6) is 11.5 Å². The van der Waals surface area contributed by atoms with Crippen molar-refractivity contribution in [3.63, 3.8) is 0 Å². The molecule has 1 aliphatic heterocycles. The number of rotatable bonds is 9. The average molecular weight is 544 g/mol. The van der Waals surface area contributed by atoms with Gasteiger partial charge in [-0.15, -0.1) is 10.2 Å². The Morgan fingerprint density at radius 1 is 0.974 bits per heavy atom. The summed E-state index contributed by atoms with van der Waals surface area (Å²) in [5.74, 6) is 1.47. The van der Waals surface area contributed by atoms with Gasteiger partial charge < -0.3 is 19.7 Å². The number of carbonyl (C=O) groups is 2. The Hall–Kier alpha value is -4.31. The minimum Gasteiger partial charge on any atom is -0.497 e. The van der Waals surface area contributed by atoms with Gasteiger partial charge in [0.2, 0.25) is 5.91 Å². The molecule has 1 N–H and O–H groups in total. The van der Waals surface area contributed by atoms with Crippen molar-refractivity contribution in [3.05, 3.63) is 89.7 Å². The lowest BCUT2D eigenvalue weighted by Gasteiger charge is -2.29. The van der Waals surface area contributed by atoms with E-state index in [1.807, 2.05) is 58.0 Å². The minimum atomic E-state index is -0.315.